The average molecular weight is 592 g/mol. The van der Waals surface area contributed by atoms with E-state index in [2.05, 4.69) is 0 Å². The maximum absolute atomic E-state index is 14.5. The highest BCUT2D eigenvalue weighted by atomic mass is 35.5. The monoisotopic (exact) mass is 591 g/mol. The van der Waals surface area contributed by atoms with Gasteiger partial charge >= 0.3 is 12.4 Å². The highest BCUT2D eigenvalue weighted by Gasteiger charge is 2.55. The van der Waals surface area contributed by atoms with Crippen molar-refractivity contribution in [3.8, 4) is 0 Å². The largest absolute Gasteiger partial charge is 0.416 e. The number of nitrogens with two attached hydrogens (primary N) is 3. The minimum atomic E-state index is -5.18. The van der Waals surface area contributed by atoms with Crippen LogP contribution >= 0.6 is 23.2 Å². The van der Waals surface area contributed by atoms with Gasteiger partial charge in [-0.25, -0.2) is 0 Å². The maximum Gasteiger partial charge on any atom is 0.416 e. The zero-order valence-electron chi connectivity index (χ0n) is 21.4. The van der Waals surface area contributed by atoms with E-state index in [1.165, 1.54) is 25.1 Å². The Kier molecular flexibility index (Phi) is 8.76. The highest BCUT2D eigenvalue weighted by Crippen LogP contribution is 2.50. The molecule has 0 saturated heterocycles. The minimum absolute atomic E-state index is 0.0274. The van der Waals surface area contributed by atoms with E-state index in [1.807, 2.05) is 26.0 Å². The first kappa shape index (κ1) is 31.2. The zero-order valence-corrected chi connectivity index (χ0v) is 23.0. The summed E-state index contributed by atoms with van der Waals surface area (Å²) in [5.41, 5.74) is 15.3. The molecule has 0 aromatic heterocycles. The van der Waals surface area contributed by atoms with Crippen molar-refractivity contribution in [1.29, 1.82) is 0 Å². The average Bonchev–Trinajstić information content (AvgIpc) is 2.80. The summed E-state index contributed by atoms with van der Waals surface area (Å²) in [4.78, 5) is 0. The summed E-state index contributed by atoms with van der Waals surface area (Å²) in [6.45, 7) is 4.60. The Labute approximate surface area is 233 Å². The standard InChI is InChI=1S/C28H29Cl2F6N3/c1-15-4-5-17(16(2)10-15)11-24(38)26(14-37,25(3,39)21-9-7-19(29)13-23(21)30)20-8-6-18(27(31,32)33)12-22(20)28(34,35)36/h4-10,12-13,24H,11,14,37-39H2,1-3H3. The van der Waals surface area contributed by atoms with Gasteiger partial charge in [0.25, 0.3) is 0 Å². The molecule has 11 heteroatoms. The summed E-state index contributed by atoms with van der Waals surface area (Å²) in [6, 6.07) is 10.0. The van der Waals surface area contributed by atoms with Crippen molar-refractivity contribution in [2.45, 2.75) is 56.5 Å². The Bertz CT molecular complexity index is 1350. The fourth-order valence-electron chi connectivity index (χ4n) is 5.32. The van der Waals surface area contributed by atoms with Gasteiger partial charge in [-0.2, -0.15) is 26.3 Å². The van der Waals surface area contributed by atoms with E-state index in [0.29, 0.717) is 6.07 Å². The van der Waals surface area contributed by atoms with Crippen LogP contribution in [-0.2, 0) is 29.7 Å². The summed E-state index contributed by atoms with van der Waals surface area (Å²) >= 11 is 12.5. The molecule has 3 aromatic carbocycles. The fraction of sp³-hybridized carbons (Fsp3) is 0.357. The number of benzene rings is 3. The van der Waals surface area contributed by atoms with Gasteiger partial charge in [0.05, 0.1) is 16.7 Å². The summed E-state index contributed by atoms with van der Waals surface area (Å²) in [6.07, 6.45) is -10.2. The van der Waals surface area contributed by atoms with Gasteiger partial charge in [-0.15, -0.1) is 0 Å². The van der Waals surface area contributed by atoms with Crippen molar-refractivity contribution >= 4 is 23.2 Å². The van der Waals surface area contributed by atoms with E-state index in [9.17, 15) is 26.3 Å². The Hall–Kier alpha value is -2.30. The van der Waals surface area contributed by atoms with Crippen LogP contribution in [0.1, 0.15) is 45.9 Å². The van der Waals surface area contributed by atoms with E-state index in [-0.39, 0.29) is 28.1 Å². The molecule has 212 valence electrons. The van der Waals surface area contributed by atoms with Gasteiger partial charge < -0.3 is 17.2 Å². The van der Waals surface area contributed by atoms with Crippen LogP contribution in [0.25, 0.3) is 0 Å². The predicted octanol–water partition coefficient (Wildman–Crippen LogP) is 7.29. The van der Waals surface area contributed by atoms with Crippen LogP contribution in [-0.4, -0.2) is 12.6 Å². The van der Waals surface area contributed by atoms with Crippen LogP contribution in [0.2, 0.25) is 10.0 Å². The summed E-state index contributed by atoms with van der Waals surface area (Å²) in [5.74, 6) is 0. The highest BCUT2D eigenvalue weighted by molar-refractivity contribution is 6.35. The second-order valence-corrected chi connectivity index (χ2v) is 10.8. The van der Waals surface area contributed by atoms with Gasteiger partial charge in [0.2, 0.25) is 0 Å². The van der Waals surface area contributed by atoms with Crippen molar-refractivity contribution in [2.75, 3.05) is 6.54 Å². The minimum Gasteiger partial charge on any atom is -0.329 e. The molecule has 0 bridgehead atoms. The Morgan fingerprint density at radius 3 is 1.92 bits per heavy atom. The van der Waals surface area contributed by atoms with Gasteiger partial charge in [-0.3, -0.25) is 0 Å². The Balaban J connectivity index is 2.41. The van der Waals surface area contributed by atoms with Crippen LogP contribution in [0.15, 0.2) is 54.6 Å². The molecule has 0 aliphatic rings. The van der Waals surface area contributed by atoms with Crippen molar-refractivity contribution in [3.63, 3.8) is 0 Å². The molecule has 0 aliphatic carbocycles. The van der Waals surface area contributed by atoms with Crippen molar-refractivity contribution < 1.29 is 26.3 Å². The van der Waals surface area contributed by atoms with Crippen LogP contribution < -0.4 is 17.2 Å². The third-order valence-corrected chi connectivity index (χ3v) is 7.99. The molecule has 3 nitrogen and oxygen atoms in total. The van der Waals surface area contributed by atoms with Crippen LogP contribution in [0, 0.1) is 13.8 Å². The van der Waals surface area contributed by atoms with Gasteiger partial charge in [0, 0.05) is 28.0 Å². The number of aryl methyl sites for hydroxylation is 2. The zero-order chi connectivity index (χ0) is 29.6. The molecule has 0 saturated carbocycles. The van der Waals surface area contributed by atoms with Crippen LogP contribution in [0.5, 0.6) is 0 Å². The number of hydrogen-bond donors (Lipinski definition) is 3. The molecule has 0 heterocycles. The topological polar surface area (TPSA) is 78.1 Å². The molecule has 3 atom stereocenters. The lowest BCUT2D eigenvalue weighted by atomic mass is 9.57. The van der Waals surface area contributed by atoms with Gasteiger partial charge in [-0.05, 0) is 73.7 Å². The molecule has 0 radical (unpaired) electrons. The first-order valence-corrected chi connectivity index (χ1v) is 12.7. The summed E-state index contributed by atoms with van der Waals surface area (Å²) in [7, 11) is 0. The van der Waals surface area contributed by atoms with E-state index < -0.39 is 52.6 Å². The third-order valence-electron chi connectivity index (χ3n) is 7.44. The van der Waals surface area contributed by atoms with E-state index in [1.54, 1.807) is 6.07 Å². The molecule has 0 amide bonds. The number of hydrogen-bond acceptors (Lipinski definition) is 3. The Morgan fingerprint density at radius 2 is 1.41 bits per heavy atom. The molecule has 0 fully saturated rings. The molecule has 3 aromatic rings. The van der Waals surface area contributed by atoms with Gasteiger partial charge in [-0.1, -0.05) is 59.1 Å². The van der Waals surface area contributed by atoms with Crippen molar-refractivity contribution in [2.24, 2.45) is 17.2 Å². The first-order chi connectivity index (χ1) is 17.9. The van der Waals surface area contributed by atoms with E-state index in [4.69, 9.17) is 40.4 Å². The number of rotatable bonds is 7. The van der Waals surface area contributed by atoms with Crippen LogP contribution in [0.4, 0.5) is 26.3 Å². The molecule has 39 heavy (non-hydrogen) atoms. The van der Waals surface area contributed by atoms with Crippen molar-refractivity contribution in [1.82, 2.24) is 0 Å². The molecule has 3 unspecified atom stereocenters. The smallest absolute Gasteiger partial charge is 0.329 e. The summed E-state index contributed by atoms with van der Waals surface area (Å²) < 4.78 is 83.9. The first-order valence-electron chi connectivity index (χ1n) is 11.9. The quantitative estimate of drug-likeness (QED) is 0.252. The van der Waals surface area contributed by atoms with Gasteiger partial charge in [0.1, 0.15) is 0 Å². The SMILES string of the molecule is Cc1ccc(CC(N)C(CN)(c2ccc(C(F)(F)F)cc2C(F)(F)F)C(C)(N)c2ccc(Cl)cc2Cl)c(C)c1. The lowest BCUT2D eigenvalue weighted by Crippen LogP contribution is -2.67. The van der Waals surface area contributed by atoms with Crippen LogP contribution in [0.3, 0.4) is 0 Å². The second kappa shape index (κ2) is 10.9. The molecule has 3 rings (SSSR count). The molecule has 6 N–H and O–H groups in total. The summed E-state index contributed by atoms with van der Waals surface area (Å²) in [5, 5.41) is 0.299. The van der Waals surface area contributed by atoms with E-state index >= 15 is 0 Å². The molecular formula is C28H29Cl2F6N3. The molecule has 0 aliphatic heterocycles. The lowest BCUT2D eigenvalue weighted by molar-refractivity contribution is -0.144. The maximum atomic E-state index is 14.5. The second-order valence-electron chi connectivity index (χ2n) is 10.00. The normalized spacial score (nSPS) is 16.5. The Morgan fingerprint density at radius 1 is 0.795 bits per heavy atom. The third kappa shape index (κ3) is 5.93. The fourth-order valence-corrected chi connectivity index (χ4v) is 5.92. The van der Waals surface area contributed by atoms with Gasteiger partial charge in [0.15, 0.2) is 0 Å². The molecule has 0 spiro atoms. The van der Waals surface area contributed by atoms with Crippen molar-refractivity contribution in [3.05, 3.63) is 104 Å². The predicted molar refractivity (Wildman–Crippen MR) is 143 cm³/mol. The lowest BCUT2D eigenvalue weighted by Gasteiger charge is -2.51. The van der Waals surface area contributed by atoms with E-state index in [0.717, 1.165) is 22.8 Å². The molecular weight excluding hydrogens is 563 g/mol. The number of halogens is 8. The number of alkyl halides is 6.